The van der Waals surface area contributed by atoms with Gasteiger partial charge in [-0.3, -0.25) is 0 Å². The van der Waals surface area contributed by atoms with E-state index in [2.05, 4.69) is 38.4 Å². The Kier molecular flexibility index (Phi) is 5.70. The fraction of sp³-hybridized carbons (Fsp3) is 0.429. The number of methoxy groups -OCH3 is 1. The van der Waals surface area contributed by atoms with E-state index in [0.717, 1.165) is 23.1 Å². The minimum Gasteiger partial charge on any atom is -0.419 e. The number of rotatable bonds is 7. The number of ether oxygens (including phenoxy) is 1. The van der Waals surface area contributed by atoms with E-state index >= 15 is 0 Å². The number of halogens is 1. The molecule has 0 saturated carbocycles. The first-order valence-electron chi connectivity index (χ1n) is 6.50. The van der Waals surface area contributed by atoms with E-state index in [4.69, 9.17) is 9.15 Å². The lowest BCUT2D eigenvalue weighted by Gasteiger charge is -2.10. The van der Waals surface area contributed by atoms with Crippen LogP contribution >= 0.6 is 15.9 Å². The standard InChI is InChI=1S/C14H18BrN3O2/c1-10(7-8-19-2)16-9-13-17-18-14(20-13)11-5-3-4-6-12(11)15/h3-6,10,16H,7-9H2,1-2H3. The molecule has 108 valence electrons. The minimum absolute atomic E-state index is 0.341. The maximum Gasteiger partial charge on any atom is 0.248 e. The second kappa shape index (κ2) is 7.52. The molecule has 0 spiro atoms. The average Bonchev–Trinajstić information content (AvgIpc) is 2.92. The Balaban J connectivity index is 1.94. The van der Waals surface area contributed by atoms with Crippen molar-refractivity contribution in [3.8, 4) is 11.5 Å². The third-order valence-corrected chi connectivity index (χ3v) is 3.62. The van der Waals surface area contributed by atoms with Crippen molar-refractivity contribution < 1.29 is 9.15 Å². The van der Waals surface area contributed by atoms with Gasteiger partial charge in [-0.15, -0.1) is 10.2 Å². The molecular formula is C14H18BrN3O2. The van der Waals surface area contributed by atoms with Gasteiger partial charge in [0.25, 0.3) is 0 Å². The predicted molar refractivity (Wildman–Crippen MR) is 80.2 cm³/mol. The number of benzene rings is 1. The molecule has 20 heavy (non-hydrogen) atoms. The van der Waals surface area contributed by atoms with Gasteiger partial charge in [-0.2, -0.15) is 0 Å². The molecule has 0 amide bonds. The molecule has 1 aromatic carbocycles. The van der Waals surface area contributed by atoms with Crippen LogP contribution in [0, 0.1) is 0 Å². The highest BCUT2D eigenvalue weighted by molar-refractivity contribution is 9.10. The SMILES string of the molecule is COCCC(C)NCc1nnc(-c2ccccc2Br)o1. The van der Waals surface area contributed by atoms with Crippen LogP contribution in [0.15, 0.2) is 33.2 Å². The third-order valence-electron chi connectivity index (χ3n) is 2.93. The topological polar surface area (TPSA) is 60.2 Å². The van der Waals surface area contributed by atoms with Crippen LogP contribution in [0.5, 0.6) is 0 Å². The Morgan fingerprint density at radius 3 is 2.90 bits per heavy atom. The zero-order chi connectivity index (χ0) is 14.4. The average molecular weight is 340 g/mol. The van der Waals surface area contributed by atoms with E-state index in [-0.39, 0.29) is 0 Å². The largest absolute Gasteiger partial charge is 0.419 e. The molecule has 2 aromatic rings. The number of nitrogens with zero attached hydrogens (tertiary/aromatic N) is 2. The molecule has 2 rings (SSSR count). The molecule has 1 aromatic heterocycles. The maximum absolute atomic E-state index is 5.66. The Morgan fingerprint density at radius 2 is 2.15 bits per heavy atom. The highest BCUT2D eigenvalue weighted by atomic mass is 79.9. The molecule has 5 nitrogen and oxygen atoms in total. The predicted octanol–water partition coefficient (Wildman–Crippen LogP) is 3.01. The molecule has 0 fully saturated rings. The molecule has 0 saturated heterocycles. The smallest absolute Gasteiger partial charge is 0.248 e. The fourth-order valence-electron chi connectivity index (χ4n) is 1.73. The molecule has 1 unspecified atom stereocenters. The van der Waals surface area contributed by atoms with E-state index in [1.807, 2.05) is 24.3 Å². The first kappa shape index (κ1) is 15.2. The molecule has 6 heteroatoms. The van der Waals surface area contributed by atoms with Crippen molar-refractivity contribution in [2.24, 2.45) is 0 Å². The molecule has 0 radical (unpaired) electrons. The van der Waals surface area contributed by atoms with Crippen LogP contribution in [0.4, 0.5) is 0 Å². The first-order valence-corrected chi connectivity index (χ1v) is 7.29. The van der Waals surface area contributed by atoms with Gasteiger partial charge < -0.3 is 14.5 Å². The Morgan fingerprint density at radius 1 is 1.35 bits per heavy atom. The minimum atomic E-state index is 0.341. The van der Waals surface area contributed by atoms with Crippen molar-refractivity contribution in [2.45, 2.75) is 25.9 Å². The summed E-state index contributed by atoms with van der Waals surface area (Å²) in [6, 6.07) is 8.12. The monoisotopic (exact) mass is 339 g/mol. The highest BCUT2D eigenvalue weighted by Crippen LogP contribution is 2.26. The van der Waals surface area contributed by atoms with E-state index in [0.29, 0.717) is 24.4 Å². The van der Waals surface area contributed by atoms with E-state index in [9.17, 15) is 0 Å². The van der Waals surface area contributed by atoms with Gasteiger partial charge in [0.05, 0.1) is 12.1 Å². The Labute approximate surface area is 126 Å². The Hall–Kier alpha value is -1.24. The summed E-state index contributed by atoms with van der Waals surface area (Å²) in [5.41, 5.74) is 0.902. The van der Waals surface area contributed by atoms with Crippen LogP contribution < -0.4 is 5.32 Å². The number of hydrogen-bond acceptors (Lipinski definition) is 5. The highest BCUT2D eigenvalue weighted by Gasteiger charge is 2.11. The third kappa shape index (κ3) is 4.13. The van der Waals surface area contributed by atoms with Crippen molar-refractivity contribution in [3.63, 3.8) is 0 Å². The number of hydrogen-bond donors (Lipinski definition) is 1. The summed E-state index contributed by atoms with van der Waals surface area (Å²) in [6.07, 6.45) is 0.946. The molecule has 0 bridgehead atoms. The van der Waals surface area contributed by atoms with Gasteiger partial charge in [-0.1, -0.05) is 12.1 Å². The number of nitrogens with one attached hydrogen (secondary N) is 1. The van der Waals surface area contributed by atoms with Gasteiger partial charge in [-0.05, 0) is 41.4 Å². The van der Waals surface area contributed by atoms with Crippen LogP contribution in [0.25, 0.3) is 11.5 Å². The molecule has 1 atom stereocenters. The van der Waals surface area contributed by atoms with Gasteiger partial charge in [-0.25, -0.2) is 0 Å². The summed E-state index contributed by atoms with van der Waals surface area (Å²) in [5, 5.41) is 11.5. The Bertz CT molecular complexity index is 545. The lowest BCUT2D eigenvalue weighted by atomic mass is 10.2. The quantitative estimate of drug-likeness (QED) is 0.840. The lowest BCUT2D eigenvalue weighted by Crippen LogP contribution is -2.26. The summed E-state index contributed by atoms with van der Waals surface area (Å²) >= 11 is 3.48. The van der Waals surface area contributed by atoms with E-state index < -0.39 is 0 Å². The van der Waals surface area contributed by atoms with Gasteiger partial charge in [0.2, 0.25) is 11.8 Å². The van der Waals surface area contributed by atoms with E-state index in [1.165, 1.54) is 0 Å². The van der Waals surface area contributed by atoms with Crippen molar-refractivity contribution in [1.82, 2.24) is 15.5 Å². The zero-order valence-corrected chi connectivity index (χ0v) is 13.2. The summed E-state index contributed by atoms with van der Waals surface area (Å²) in [5.74, 6) is 1.11. The normalized spacial score (nSPS) is 12.6. The first-order chi connectivity index (χ1) is 9.70. The van der Waals surface area contributed by atoms with Crippen LogP contribution in [-0.4, -0.2) is 30.0 Å². The van der Waals surface area contributed by atoms with Crippen molar-refractivity contribution >= 4 is 15.9 Å². The molecule has 1 N–H and O–H groups in total. The molecule has 1 heterocycles. The van der Waals surface area contributed by atoms with Gasteiger partial charge >= 0.3 is 0 Å². The fourth-order valence-corrected chi connectivity index (χ4v) is 2.18. The van der Waals surface area contributed by atoms with Crippen LogP contribution in [0.2, 0.25) is 0 Å². The lowest BCUT2D eigenvalue weighted by molar-refractivity contribution is 0.184. The molecule has 0 aliphatic carbocycles. The molecule has 0 aliphatic heterocycles. The van der Waals surface area contributed by atoms with Gasteiger partial charge in [0.1, 0.15) is 0 Å². The van der Waals surface area contributed by atoms with Crippen LogP contribution in [0.1, 0.15) is 19.2 Å². The number of aromatic nitrogens is 2. The van der Waals surface area contributed by atoms with Crippen molar-refractivity contribution in [2.75, 3.05) is 13.7 Å². The van der Waals surface area contributed by atoms with Crippen molar-refractivity contribution in [3.05, 3.63) is 34.6 Å². The van der Waals surface area contributed by atoms with Gasteiger partial charge in [0, 0.05) is 24.2 Å². The summed E-state index contributed by atoms with van der Waals surface area (Å²) in [6.45, 7) is 3.40. The maximum atomic E-state index is 5.66. The van der Waals surface area contributed by atoms with Crippen LogP contribution in [-0.2, 0) is 11.3 Å². The van der Waals surface area contributed by atoms with Gasteiger partial charge in [0.15, 0.2) is 0 Å². The second-order valence-corrected chi connectivity index (χ2v) is 5.40. The second-order valence-electron chi connectivity index (χ2n) is 4.54. The van der Waals surface area contributed by atoms with Crippen molar-refractivity contribution in [1.29, 1.82) is 0 Å². The van der Waals surface area contributed by atoms with Crippen LogP contribution in [0.3, 0.4) is 0 Å². The molecule has 0 aliphatic rings. The zero-order valence-electron chi connectivity index (χ0n) is 11.6. The summed E-state index contributed by atoms with van der Waals surface area (Å²) in [7, 11) is 1.70. The molecular weight excluding hydrogens is 322 g/mol. The summed E-state index contributed by atoms with van der Waals surface area (Å²) in [4.78, 5) is 0. The summed E-state index contributed by atoms with van der Waals surface area (Å²) < 4.78 is 11.6. The van der Waals surface area contributed by atoms with E-state index in [1.54, 1.807) is 7.11 Å².